The molecular formula is C18H18N2O4S. The number of aromatic nitrogens is 1. The molecule has 0 saturated carbocycles. The molecule has 130 valence electrons. The van der Waals surface area contributed by atoms with Gasteiger partial charge in [-0.05, 0) is 36.8 Å². The Bertz CT molecular complexity index is 982. The number of benzene rings is 1. The first-order chi connectivity index (χ1) is 11.9. The van der Waals surface area contributed by atoms with Gasteiger partial charge in [0.1, 0.15) is 5.76 Å². The highest BCUT2D eigenvalue weighted by molar-refractivity contribution is 7.92. The van der Waals surface area contributed by atoms with Gasteiger partial charge in [-0.25, -0.2) is 13.4 Å². The molecule has 0 unspecified atom stereocenters. The summed E-state index contributed by atoms with van der Waals surface area (Å²) in [4.78, 5) is 4.07. The number of anilines is 1. The standard InChI is InChI=1S/C18H18N2O4S/c1-13-6-7-14(17-5-4-10-24-17)11-16(13)20(2)25(21,22)15-8-9-19-18(12-15)23-3/h4-12H,1-3H3. The lowest BCUT2D eigenvalue weighted by molar-refractivity contribution is 0.396. The first kappa shape index (κ1) is 17.0. The van der Waals surface area contributed by atoms with Crippen molar-refractivity contribution in [1.82, 2.24) is 4.98 Å². The van der Waals surface area contributed by atoms with Gasteiger partial charge in [0.05, 0.1) is 24.0 Å². The molecule has 0 saturated heterocycles. The summed E-state index contributed by atoms with van der Waals surface area (Å²) >= 11 is 0. The number of aryl methyl sites for hydroxylation is 1. The van der Waals surface area contributed by atoms with Crippen LogP contribution in [0.25, 0.3) is 11.3 Å². The third kappa shape index (κ3) is 3.23. The molecule has 3 aromatic rings. The van der Waals surface area contributed by atoms with Crippen LogP contribution in [0.2, 0.25) is 0 Å². The van der Waals surface area contributed by atoms with Gasteiger partial charge >= 0.3 is 0 Å². The molecule has 2 aromatic heterocycles. The maximum absolute atomic E-state index is 13.0. The summed E-state index contributed by atoms with van der Waals surface area (Å²) < 4.78 is 37.6. The predicted octanol–water partition coefficient (Wildman–Crippen LogP) is 3.48. The van der Waals surface area contributed by atoms with Gasteiger partial charge in [-0.15, -0.1) is 0 Å². The number of furan rings is 1. The highest BCUT2D eigenvalue weighted by atomic mass is 32.2. The molecule has 2 heterocycles. The topological polar surface area (TPSA) is 72.6 Å². The quantitative estimate of drug-likeness (QED) is 0.698. The second-order valence-electron chi connectivity index (χ2n) is 5.49. The highest BCUT2D eigenvalue weighted by Gasteiger charge is 2.24. The Hall–Kier alpha value is -2.80. The van der Waals surface area contributed by atoms with E-state index in [1.165, 1.54) is 36.8 Å². The molecule has 0 aliphatic heterocycles. The van der Waals surface area contributed by atoms with Crippen molar-refractivity contribution in [1.29, 1.82) is 0 Å². The Kier molecular flexibility index (Phi) is 4.50. The van der Waals surface area contributed by atoms with Crippen molar-refractivity contribution in [3.05, 3.63) is 60.5 Å². The average Bonchev–Trinajstić information content (AvgIpc) is 3.16. The Morgan fingerprint density at radius 2 is 1.96 bits per heavy atom. The molecule has 0 radical (unpaired) electrons. The molecular weight excluding hydrogens is 340 g/mol. The maximum atomic E-state index is 13.0. The van der Waals surface area contributed by atoms with Crippen molar-refractivity contribution in [2.24, 2.45) is 0 Å². The van der Waals surface area contributed by atoms with E-state index in [0.717, 1.165) is 11.1 Å². The average molecular weight is 358 g/mol. The van der Waals surface area contributed by atoms with E-state index >= 15 is 0 Å². The molecule has 0 aliphatic carbocycles. The van der Waals surface area contributed by atoms with Crippen molar-refractivity contribution >= 4 is 15.7 Å². The Labute approximate surface area is 146 Å². The van der Waals surface area contributed by atoms with E-state index in [4.69, 9.17) is 9.15 Å². The van der Waals surface area contributed by atoms with Gasteiger partial charge in [-0.2, -0.15) is 0 Å². The lowest BCUT2D eigenvalue weighted by Crippen LogP contribution is -2.27. The Balaban J connectivity index is 2.04. The number of ether oxygens (including phenoxy) is 1. The van der Waals surface area contributed by atoms with Crippen molar-refractivity contribution in [2.75, 3.05) is 18.5 Å². The minimum Gasteiger partial charge on any atom is -0.481 e. The predicted molar refractivity (Wildman–Crippen MR) is 95.3 cm³/mol. The zero-order valence-corrected chi connectivity index (χ0v) is 14.9. The van der Waals surface area contributed by atoms with Crippen molar-refractivity contribution in [2.45, 2.75) is 11.8 Å². The molecule has 0 N–H and O–H groups in total. The van der Waals surface area contributed by atoms with Gasteiger partial charge in [0.15, 0.2) is 0 Å². The van der Waals surface area contributed by atoms with Crippen molar-refractivity contribution in [3.63, 3.8) is 0 Å². The van der Waals surface area contributed by atoms with Crippen LogP contribution in [0.1, 0.15) is 5.56 Å². The summed E-state index contributed by atoms with van der Waals surface area (Å²) in [6.45, 7) is 1.86. The summed E-state index contributed by atoms with van der Waals surface area (Å²) in [5.41, 5.74) is 2.21. The van der Waals surface area contributed by atoms with Gasteiger partial charge in [-0.3, -0.25) is 4.31 Å². The van der Waals surface area contributed by atoms with E-state index in [9.17, 15) is 8.42 Å². The zero-order valence-electron chi connectivity index (χ0n) is 14.1. The second kappa shape index (κ2) is 6.60. The molecule has 6 nitrogen and oxygen atoms in total. The molecule has 0 spiro atoms. The molecule has 25 heavy (non-hydrogen) atoms. The van der Waals surface area contributed by atoms with Gasteiger partial charge in [0.2, 0.25) is 5.88 Å². The summed E-state index contributed by atoms with van der Waals surface area (Å²) in [6.07, 6.45) is 2.99. The zero-order chi connectivity index (χ0) is 18.0. The van der Waals surface area contributed by atoms with Crippen LogP contribution in [0, 0.1) is 6.92 Å². The SMILES string of the molecule is COc1cc(S(=O)(=O)N(C)c2cc(-c3ccco3)ccc2C)ccn1. The number of methoxy groups -OCH3 is 1. The van der Waals surface area contributed by atoms with Crippen LogP contribution in [0.15, 0.2) is 64.2 Å². The molecule has 7 heteroatoms. The lowest BCUT2D eigenvalue weighted by atomic mass is 10.1. The summed E-state index contributed by atoms with van der Waals surface area (Å²) in [7, 11) is -0.782. The number of hydrogen-bond acceptors (Lipinski definition) is 5. The molecule has 1 aromatic carbocycles. The first-order valence-corrected chi connectivity index (χ1v) is 9.01. The maximum Gasteiger partial charge on any atom is 0.264 e. The fourth-order valence-electron chi connectivity index (χ4n) is 2.50. The summed E-state index contributed by atoms with van der Waals surface area (Å²) in [5.74, 6) is 0.924. The van der Waals surface area contributed by atoms with E-state index in [0.29, 0.717) is 11.4 Å². The van der Waals surface area contributed by atoms with Crippen LogP contribution >= 0.6 is 0 Å². The van der Waals surface area contributed by atoms with Crippen LogP contribution < -0.4 is 9.04 Å². The van der Waals surface area contributed by atoms with Gasteiger partial charge in [0, 0.05) is 24.9 Å². The molecule has 0 bridgehead atoms. The molecule has 0 atom stereocenters. The number of hydrogen-bond donors (Lipinski definition) is 0. The summed E-state index contributed by atoms with van der Waals surface area (Å²) in [5, 5.41) is 0. The third-order valence-electron chi connectivity index (χ3n) is 3.93. The molecule has 0 fully saturated rings. The van der Waals surface area contributed by atoms with E-state index < -0.39 is 10.0 Å². The smallest absolute Gasteiger partial charge is 0.264 e. The monoisotopic (exact) mass is 358 g/mol. The van der Waals surface area contributed by atoms with Crippen LogP contribution in [0.4, 0.5) is 5.69 Å². The van der Waals surface area contributed by atoms with E-state index in [2.05, 4.69) is 4.98 Å². The minimum absolute atomic E-state index is 0.115. The number of pyridine rings is 1. The van der Waals surface area contributed by atoms with Gasteiger partial charge in [-0.1, -0.05) is 12.1 Å². The normalized spacial score (nSPS) is 11.3. The van der Waals surface area contributed by atoms with Crippen molar-refractivity contribution in [3.8, 4) is 17.2 Å². The lowest BCUT2D eigenvalue weighted by Gasteiger charge is -2.22. The number of sulfonamides is 1. The highest BCUT2D eigenvalue weighted by Crippen LogP contribution is 2.31. The van der Waals surface area contributed by atoms with Crippen LogP contribution in [-0.2, 0) is 10.0 Å². The minimum atomic E-state index is -3.75. The van der Waals surface area contributed by atoms with Gasteiger partial charge < -0.3 is 9.15 Å². The molecule has 0 aliphatic rings. The molecule has 3 rings (SSSR count). The second-order valence-corrected chi connectivity index (χ2v) is 7.45. The third-order valence-corrected chi connectivity index (χ3v) is 5.70. The van der Waals surface area contributed by atoms with Crippen LogP contribution in [-0.4, -0.2) is 27.6 Å². The van der Waals surface area contributed by atoms with Crippen LogP contribution in [0.3, 0.4) is 0 Å². The first-order valence-electron chi connectivity index (χ1n) is 7.57. The van der Waals surface area contributed by atoms with Crippen LogP contribution in [0.5, 0.6) is 5.88 Å². The Morgan fingerprint density at radius 1 is 1.16 bits per heavy atom. The largest absolute Gasteiger partial charge is 0.481 e. The van der Waals surface area contributed by atoms with E-state index in [-0.39, 0.29) is 10.8 Å². The fourth-order valence-corrected chi connectivity index (χ4v) is 3.75. The van der Waals surface area contributed by atoms with E-state index in [1.807, 2.05) is 25.1 Å². The molecule has 0 amide bonds. The number of nitrogens with zero attached hydrogens (tertiary/aromatic N) is 2. The van der Waals surface area contributed by atoms with E-state index in [1.54, 1.807) is 18.4 Å². The Morgan fingerprint density at radius 3 is 2.64 bits per heavy atom. The van der Waals surface area contributed by atoms with Crippen molar-refractivity contribution < 1.29 is 17.6 Å². The summed E-state index contributed by atoms with van der Waals surface area (Å²) in [6, 6.07) is 12.0. The fraction of sp³-hybridized carbons (Fsp3) is 0.167. The van der Waals surface area contributed by atoms with Gasteiger partial charge in [0.25, 0.3) is 10.0 Å². The number of rotatable bonds is 5.